The van der Waals surface area contributed by atoms with Crippen molar-refractivity contribution >= 4 is 0 Å². The van der Waals surface area contributed by atoms with Gasteiger partial charge in [-0.15, -0.1) is 0 Å². The maximum atomic E-state index is 10.5. The molecule has 0 amide bonds. The number of piperidine rings is 1. The van der Waals surface area contributed by atoms with Crippen LogP contribution in [0, 0.1) is 5.92 Å². The summed E-state index contributed by atoms with van der Waals surface area (Å²) in [6.07, 6.45) is 3.48. The molecule has 0 aromatic heterocycles. The molecule has 2 bridgehead atoms. The highest BCUT2D eigenvalue weighted by molar-refractivity contribution is 5.60. The van der Waals surface area contributed by atoms with Crippen molar-refractivity contribution in [2.24, 2.45) is 5.92 Å². The summed E-state index contributed by atoms with van der Waals surface area (Å²) >= 11 is 0. The highest BCUT2D eigenvalue weighted by Crippen LogP contribution is 2.61. The molecule has 4 nitrogen and oxygen atoms in total. The van der Waals surface area contributed by atoms with Crippen molar-refractivity contribution in [3.05, 3.63) is 23.3 Å². The number of aliphatic hydroxyl groups is 1. The summed E-state index contributed by atoms with van der Waals surface area (Å²) in [4.78, 5) is 1.62. The van der Waals surface area contributed by atoms with E-state index in [2.05, 4.69) is 13.1 Å². The molecule has 2 heterocycles. The van der Waals surface area contributed by atoms with Gasteiger partial charge >= 0.3 is 0 Å². The molecular weight excluding hydrogens is 266 g/mol. The van der Waals surface area contributed by atoms with Gasteiger partial charge in [0, 0.05) is 24.3 Å². The number of hydrogen-bond donors (Lipinski definition) is 3. The third kappa shape index (κ3) is 1.25. The summed E-state index contributed by atoms with van der Waals surface area (Å²) in [7, 11) is 2.31. The summed E-state index contributed by atoms with van der Waals surface area (Å²) in [5.41, 5.74) is 2.52. The molecule has 4 aliphatic rings. The van der Waals surface area contributed by atoms with E-state index < -0.39 is 6.10 Å². The normalized spacial score (nSPS) is 45.9. The minimum atomic E-state index is -0.405. The Labute approximate surface area is 124 Å². The topological polar surface area (TPSA) is 54.1 Å². The molecule has 1 aromatic rings. The Bertz CT molecular complexity index is 631. The lowest BCUT2D eigenvalue weighted by molar-refractivity contribution is -0.919. The van der Waals surface area contributed by atoms with Crippen LogP contribution in [0.2, 0.25) is 0 Å². The van der Waals surface area contributed by atoms with Gasteiger partial charge in [0.05, 0.1) is 31.2 Å². The number of nitrogens with one attached hydrogen (secondary N) is 1. The molecule has 2 aliphatic heterocycles. The molecule has 6 atom stereocenters. The number of rotatable bonds is 0. The Morgan fingerprint density at radius 2 is 2.19 bits per heavy atom. The molecular formula is C17H22NO3+. The van der Waals surface area contributed by atoms with E-state index in [-0.39, 0.29) is 17.3 Å². The quantitative estimate of drug-likeness (QED) is 0.630. The van der Waals surface area contributed by atoms with E-state index in [1.807, 2.05) is 0 Å². The summed E-state index contributed by atoms with van der Waals surface area (Å²) in [5, 5.41) is 20.8. The molecule has 112 valence electrons. The monoisotopic (exact) mass is 288 g/mol. The fraction of sp³-hybridized carbons (Fsp3) is 0.647. The average Bonchev–Trinajstić information content (AvgIpc) is 2.83. The predicted octanol–water partition coefficient (Wildman–Crippen LogP) is 0.00500. The van der Waals surface area contributed by atoms with Crippen LogP contribution in [-0.2, 0) is 11.8 Å². The minimum absolute atomic E-state index is 0.0521. The van der Waals surface area contributed by atoms with Crippen LogP contribution >= 0.6 is 0 Å². The molecule has 5 rings (SSSR count). The van der Waals surface area contributed by atoms with Gasteiger partial charge in [-0.2, -0.15) is 0 Å². The molecule has 1 saturated heterocycles. The third-order valence-corrected chi connectivity index (χ3v) is 6.72. The van der Waals surface area contributed by atoms with E-state index in [1.54, 1.807) is 11.0 Å². The SMILES string of the molecule is C[NH+]1CCC23c4c5ccc(O)c4OC2C(O)CCC3C1C5. The lowest BCUT2D eigenvalue weighted by Gasteiger charge is -2.56. The maximum Gasteiger partial charge on any atom is 0.165 e. The predicted molar refractivity (Wildman–Crippen MR) is 76.8 cm³/mol. The highest BCUT2D eigenvalue weighted by Gasteiger charge is 2.66. The number of likely N-dealkylation sites (tertiary alicyclic amines) is 1. The van der Waals surface area contributed by atoms with E-state index in [1.165, 1.54) is 11.1 Å². The van der Waals surface area contributed by atoms with Crippen molar-refractivity contribution in [2.75, 3.05) is 13.6 Å². The van der Waals surface area contributed by atoms with E-state index in [0.29, 0.717) is 17.7 Å². The molecule has 4 heteroatoms. The van der Waals surface area contributed by atoms with Crippen molar-refractivity contribution in [1.29, 1.82) is 0 Å². The van der Waals surface area contributed by atoms with Gasteiger partial charge < -0.3 is 19.8 Å². The van der Waals surface area contributed by atoms with Gasteiger partial charge in [0.2, 0.25) is 0 Å². The van der Waals surface area contributed by atoms with Gasteiger partial charge in [-0.1, -0.05) is 6.07 Å². The Balaban J connectivity index is 1.81. The van der Waals surface area contributed by atoms with Crippen molar-refractivity contribution in [3.8, 4) is 11.5 Å². The zero-order valence-electron chi connectivity index (χ0n) is 12.3. The third-order valence-electron chi connectivity index (χ3n) is 6.72. The van der Waals surface area contributed by atoms with Crippen molar-refractivity contribution < 1.29 is 19.8 Å². The lowest BCUT2D eigenvalue weighted by Crippen LogP contribution is -3.16. The standard InChI is InChI=1S/C17H21NO3/c1-18-7-6-17-10-3-5-13(20)16(17)21-15-12(19)4-2-9(14(15)17)8-11(10)18/h2,4,10-11,13,16,19-20H,3,5-8H2,1H3/p+1. The van der Waals surface area contributed by atoms with E-state index in [9.17, 15) is 10.2 Å². The van der Waals surface area contributed by atoms with Crippen LogP contribution in [0.25, 0.3) is 0 Å². The lowest BCUT2D eigenvalue weighted by atomic mass is 9.51. The van der Waals surface area contributed by atoms with Crippen LogP contribution in [0.15, 0.2) is 12.1 Å². The van der Waals surface area contributed by atoms with Gasteiger partial charge in [0.25, 0.3) is 0 Å². The highest BCUT2D eigenvalue weighted by atomic mass is 16.5. The number of benzene rings is 1. The second kappa shape index (κ2) is 3.73. The minimum Gasteiger partial charge on any atom is -0.504 e. The van der Waals surface area contributed by atoms with Crippen LogP contribution in [0.3, 0.4) is 0 Å². The number of likely N-dealkylation sites (N-methyl/N-ethyl adjacent to an activating group) is 1. The second-order valence-corrected chi connectivity index (χ2v) is 7.43. The van der Waals surface area contributed by atoms with Gasteiger partial charge in [0.15, 0.2) is 11.5 Å². The van der Waals surface area contributed by atoms with E-state index in [4.69, 9.17) is 4.74 Å². The Kier molecular flexibility index (Phi) is 2.19. The zero-order valence-corrected chi connectivity index (χ0v) is 12.3. The molecule has 1 spiro atoms. The van der Waals surface area contributed by atoms with Gasteiger partial charge in [-0.25, -0.2) is 0 Å². The van der Waals surface area contributed by atoms with Crippen LogP contribution in [0.4, 0.5) is 0 Å². The summed E-state index contributed by atoms with van der Waals surface area (Å²) in [6.45, 7) is 1.13. The number of ether oxygens (including phenoxy) is 1. The molecule has 1 saturated carbocycles. The molecule has 6 unspecified atom stereocenters. The van der Waals surface area contributed by atoms with Crippen molar-refractivity contribution in [3.63, 3.8) is 0 Å². The van der Waals surface area contributed by atoms with E-state index in [0.717, 1.165) is 32.2 Å². The Morgan fingerprint density at radius 3 is 3.05 bits per heavy atom. The average molecular weight is 288 g/mol. The molecule has 0 radical (unpaired) electrons. The summed E-state index contributed by atoms with van der Waals surface area (Å²) < 4.78 is 6.15. The molecule has 3 N–H and O–H groups in total. The fourth-order valence-corrected chi connectivity index (χ4v) is 5.86. The first kappa shape index (κ1) is 12.3. The number of hydrogen-bond acceptors (Lipinski definition) is 3. The second-order valence-electron chi connectivity index (χ2n) is 7.43. The van der Waals surface area contributed by atoms with Gasteiger partial charge in [-0.3, -0.25) is 0 Å². The smallest absolute Gasteiger partial charge is 0.165 e. The number of phenolic OH excluding ortho intramolecular Hbond substituents is 1. The largest absolute Gasteiger partial charge is 0.504 e. The maximum absolute atomic E-state index is 10.5. The van der Waals surface area contributed by atoms with Crippen LogP contribution in [-0.4, -0.2) is 42.1 Å². The van der Waals surface area contributed by atoms with E-state index >= 15 is 0 Å². The number of phenols is 1. The molecule has 2 fully saturated rings. The zero-order chi connectivity index (χ0) is 14.4. The van der Waals surface area contributed by atoms with Crippen molar-refractivity contribution in [2.45, 2.75) is 49.3 Å². The number of aromatic hydroxyl groups is 1. The fourth-order valence-electron chi connectivity index (χ4n) is 5.86. The number of aliphatic hydroxyl groups excluding tert-OH is 1. The van der Waals surface area contributed by atoms with Crippen LogP contribution < -0.4 is 9.64 Å². The Morgan fingerprint density at radius 1 is 1.33 bits per heavy atom. The Hall–Kier alpha value is -1.26. The first-order valence-corrected chi connectivity index (χ1v) is 8.15. The van der Waals surface area contributed by atoms with Gasteiger partial charge in [0.1, 0.15) is 6.10 Å². The first-order valence-electron chi connectivity index (χ1n) is 8.15. The van der Waals surface area contributed by atoms with Crippen LogP contribution in [0.1, 0.15) is 30.4 Å². The number of quaternary nitrogens is 1. The summed E-state index contributed by atoms with van der Waals surface area (Å²) in [5.74, 6) is 1.49. The van der Waals surface area contributed by atoms with Crippen molar-refractivity contribution in [1.82, 2.24) is 0 Å². The molecule has 21 heavy (non-hydrogen) atoms. The van der Waals surface area contributed by atoms with Crippen LogP contribution in [0.5, 0.6) is 11.5 Å². The van der Waals surface area contributed by atoms with Gasteiger partial charge in [-0.05, 0) is 24.5 Å². The molecule has 2 aliphatic carbocycles. The summed E-state index contributed by atoms with van der Waals surface area (Å²) in [6, 6.07) is 4.46. The molecule has 1 aromatic carbocycles. The first-order chi connectivity index (χ1) is 10.1.